The molecular weight excluding hydrogens is 434 g/mol. The van der Waals surface area contributed by atoms with Gasteiger partial charge in [-0.25, -0.2) is 9.78 Å². The van der Waals surface area contributed by atoms with Crippen LogP contribution in [0.5, 0.6) is 0 Å². The van der Waals surface area contributed by atoms with Gasteiger partial charge in [-0.1, -0.05) is 6.92 Å². The quantitative estimate of drug-likeness (QED) is 0.501. The summed E-state index contributed by atoms with van der Waals surface area (Å²) in [6.45, 7) is 5.41. The van der Waals surface area contributed by atoms with Crippen molar-refractivity contribution < 1.29 is 24.6 Å². The second kappa shape index (κ2) is 7.89. The Hall–Kier alpha value is -2.37. The first-order valence-corrected chi connectivity index (χ1v) is 11.8. The summed E-state index contributed by atoms with van der Waals surface area (Å²) in [4.78, 5) is 45.2. The topological polar surface area (TPSA) is 128 Å². The number of imidazole rings is 1. The maximum atomic E-state index is 12.9. The molecule has 0 spiro atoms. The largest absolute Gasteiger partial charge is 0.477 e. The normalized spacial score (nSPS) is 33.2. The van der Waals surface area contributed by atoms with Crippen LogP contribution >= 0.6 is 11.8 Å². The van der Waals surface area contributed by atoms with Crippen molar-refractivity contribution >= 4 is 29.5 Å². The second-order valence-corrected chi connectivity index (χ2v) is 10.5. The second-order valence-electron chi connectivity index (χ2n) is 9.12. The smallest absolute Gasteiger partial charge is 0.353 e. The number of nitrogens with one attached hydrogen (secondary N) is 1. The molecule has 0 radical (unpaired) electrons. The summed E-state index contributed by atoms with van der Waals surface area (Å²) >= 11 is 1.46. The average Bonchev–Trinajstić information content (AvgIpc) is 3.41. The molecule has 3 fully saturated rings. The summed E-state index contributed by atoms with van der Waals surface area (Å²) < 4.78 is 2.01. The van der Waals surface area contributed by atoms with E-state index < -0.39 is 18.0 Å². The van der Waals surface area contributed by atoms with Crippen molar-refractivity contribution in [2.75, 3.05) is 19.6 Å². The molecule has 5 rings (SSSR count). The molecule has 32 heavy (non-hydrogen) atoms. The van der Waals surface area contributed by atoms with Crippen molar-refractivity contribution in [3.8, 4) is 0 Å². The zero-order chi connectivity index (χ0) is 22.7. The average molecular weight is 462 g/mol. The molecule has 0 unspecified atom stereocenters. The van der Waals surface area contributed by atoms with Crippen LogP contribution in [0.2, 0.25) is 0 Å². The van der Waals surface area contributed by atoms with E-state index in [4.69, 9.17) is 0 Å². The molecule has 6 atom stereocenters. The predicted octanol–water partition coefficient (Wildman–Crippen LogP) is -0.116. The molecule has 0 saturated carbocycles. The number of fused-ring (bicyclic) bond motifs is 1. The highest BCUT2D eigenvalue weighted by atomic mass is 32.2. The molecule has 10 nitrogen and oxygen atoms in total. The van der Waals surface area contributed by atoms with Crippen molar-refractivity contribution in [1.29, 1.82) is 0 Å². The van der Waals surface area contributed by atoms with Crippen molar-refractivity contribution in [1.82, 2.24) is 24.7 Å². The first-order chi connectivity index (χ1) is 15.3. The van der Waals surface area contributed by atoms with Crippen molar-refractivity contribution in [3.05, 3.63) is 29.3 Å². The van der Waals surface area contributed by atoms with E-state index in [9.17, 15) is 24.6 Å². The number of likely N-dealkylation sites (tertiary alicyclic amines) is 1. The highest BCUT2D eigenvalue weighted by Gasteiger charge is 2.60. The number of aliphatic hydroxyl groups excluding tert-OH is 1. The Labute approximate surface area is 189 Å². The number of β-lactam (4-membered cyclic amide) rings is 1. The molecule has 172 valence electrons. The zero-order valence-corrected chi connectivity index (χ0v) is 18.7. The van der Waals surface area contributed by atoms with Gasteiger partial charge in [-0.15, -0.1) is 11.8 Å². The lowest BCUT2D eigenvalue weighted by Crippen LogP contribution is -2.63. The van der Waals surface area contributed by atoms with E-state index >= 15 is 0 Å². The third-order valence-electron chi connectivity index (χ3n) is 7.11. The summed E-state index contributed by atoms with van der Waals surface area (Å²) in [7, 11) is 0. The lowest BCUT2D eigenvalue weighted by molar-refractivity contribution is -0.163. The highest BCUT2D eigenvalue weighted by Crippen LogP contribution is 2.51. The van der Waals surface area contributed by atoms with Gasteiger partial charge in [0.2, 0.25) is 11.8 Å². The number of hydrogen-bond donors (Lipinski definition) is 3. The van der Waals surface area contributed by atoms with Crippen LogP contribution in [0.15, 0.2) is 29.3 Å². The Morgan fingerprint density at radius 2 is 2.09 bits per heavy atom. The van der Waals surface area contributed by atoms with Crippen molar-refractivity contribution in [2.24, 2.45) is 11.8 Å². The Morgan fingerprint density at radius 1 is 1.34 bits per heavy atom. The standard InChI is InChI=1S/C21H27N5O5S/c1-10-16-15(11(2)27)20(29)26(16)17(21(30)31)18(10)32-13-5-14(23-6-13)19(28)25-7-12(8-25)24-4-3-22-9-24/h3-4,9-16,23,27H,5-8H2,1-2H3,(H,30,31)/t10-,11-,13+,14+,15-,16-/m1/s1. The number of carboxylic acid groups (broad SMARTS) is 1. The maximum absolute atomic E-state index is 12.9. The van der Waals surface area contributed by atoms with Gasteiger partial charge in [-0.3, -0.25) is 9.59 Å². The monoisotopic (exact) mass is 461 g/mol. The Morgan fingerprint density at radius 3 is 2.72 bits per heavy atom. The summed E-state index contributed by atoms with van der Waals surface area (Å²) in [5, 5.41) is 23.1. The molecular formula is C21H27N5O5S. The number of aliphatic carboxylic acids is 1. The Kier molecular flexibility index (Phi) is 5.30. The van der Waals surface area contributed by atoms with E-state index in [0.717, 1.165) is 0 Å². The fraction of sp³-hybridized carbons (Fsp3) is 0.619. The van der Waals surface area contributed by atoms with Crippen LogP contribution in [0.3, 0.4) is 0 Å². The summed E-state index contributed by atoms with van der Waals surface area (Å²) in [5.74, 6) is -2.10. The molecule has 0 bridgehead atoms. The predicted molar refractivity (Wildman–Crippen MR) is 115 cm³/mol. The van der Waals surface area contributed by atoms with Crippen LogP contribution in [0.1, 0.15) is 26.3 Å². The zero-order valence-electron chi connectivity index (χ0n) is 17.9. The van der Waals surface area contributed by atoms with Gasteiger partial charge in [0.25, 0.3) is 0 Å². The maximum Gasteiger partial charge on any atom is 0.353 e. The third kappa shape index (κ3) is 3.25. The molecule has 0 aliphatic carbocycles. The Balaban J connectivity index is 1.22. The molecule has 0 aromatic carbocycles. The van der Waals surface area contributed by atoms with Crippen molar-refractivity contribution in [2.45, 2.75) is 49.7 Å². The number of amides is 2. The number of nitrogens with zero attached hydrogens (tertiary/aromatic N) is 4. The summed E-state index contributed by atoms with van der Waals surface area (Å²) in [6.07, 6.45) is 5.19. The first kappa shape index (κ1) is 21.5. The number of rotatable bonds is 6. The fourth-order valence-electron chi connectivity index (χ4n) is 5.37. The van der Waals surface area contributed by atoms with E-state index in [0.29, 0.717) is 31.0 Å². The molecule has 1 aromatic rings. The van der Waals surface area contributed by atoms with E-state index in [2.05, 4.69) is 10.3 Å². The van der Waals surface area contributed by atoms with Crippen LogP contribution in [-0.4, -0.2) is 90.4 Å². The molecule has 3 saturated heterocycles. The number of carboxylic acids is 1. The van der Waals surface area contributed by atoms with Crippen LogP contribution in [0.4, 0.5) is 0 Å². The van der Waals surface area contributed by atoms with Crippen LogP contribution in [0, 0.1) is 11.8 Å². The van der Waals surface area contributed by atoms with Gasteiger partial charge < -0.3 is 29.9 Å². The van der Waals surface area contributed by atoms with Crippen molar-refractivity contribution in [3.63, 3.8) is 0 Å². The molecule has 11 heteroatoms. The lowest BCUT2D eigenvalue weighted by Gasteiger charge is -2.46. The van der Waals surface area contributed by atoms with E-state index in [-0.39, 0.29) is 46.8 Å². The molecule has 2 amide bonds. The van der Waals surface area contributed by atoms with Crippen LogP contribution in [0.25, 0.3) is 0 Å². The van der Waals surface area contributed by atoms with Gasteiger partial charge in [0, 0.05) is 48.1 Å². The number of hydrogen-bond acceptors (Lipinski definition) is 7. The van der Waals surface area contributed by atoms with Gasteiger partial charge in [0.05, 0.1) is 36.5 Å². The lowest BCUT2D eigenvalue weighted by atomic mass is 9.79. The summed E-state index contributed by atoms with van der Waals surface area (Å²) in [6, 6.07) is -0.339. The number of aromatic nitrogens is 2. The van der Waals surface area contributed by atoms with Crippen LogP contribution < -0.4 is 5.32 Å². The molecule has 4 aliphatic rings. The van der Waals surface area contributed by atoms with Gasteiger partial charge in [-0.05, 0) is 13.3 Å². The molecule has 4 aliphatic heterocycles. The van der Waals surface area contributed by atoms with Gasteiger partial charge in [-0.2, -0.15) is 0 Å². The third-order valence-corrected chi connectivity index (χ3v) is 8.63. The molecule has 1 aromatic heterocycles. The molecule has 3 N–H and O–H groups in total. The SMILES string of the molecule is C[C@@H](O)[C@H]1C(=O)N2C(C(=O)O)=C(S[C@@H]3CN[C@H](C(=O)N4CC(n5ccnc5)C4)C3)[C@H](C)[C@H]12. The Bertz CT molecular complexity index is 973. The highest BCUT2D eigenvalue weighted by molar-refractivity contribution is 8.03. The summed E-state index contributed by atoms with van der Waals surface area (Å²) in [5.41, 5.74) is 0.0371. The van der Waals surface area contributed by atoms with E-state index in [1.807, 2.05) is 22.6 Å². The van der Waals surface area contributed by atoms with Crippen LogP contribution in [-0.2, 0) is 14.4 Å². The minimum absolute atomic E-state index is 0.0371. The number of thioether (sulfide) groups is 1. The number of carbonyl (C=O) groups excluding carboxylic acids is 2. The van der Waals surface area contributed by atoms with E-state index in [1.54, 1.807) is 19.4 Å². The van der Waals surface area contributed by atoms with E-state index in [1.165, 1.54) is 16.7 Å². The van der Waals surface area contributed by atoms with Gasteiger partial charge in [0.1, 0.15) is 5.70 Å². The minimum Gasteiger partial charge on any atom is -0.477 e. The first-order valence-electron chi connectivity index (χ1n) is 10.9. The van der Waals surface area contributed by atoms with Gasteiger partial charge in [0.15, 0.2) is 0 Å². The number of carbonyl (C=O) groups is 3. The van der Waals surface area contributed by atoms with Gasteiger partial charge >= 0.3 is 5.97 Å². The minimum atomic E-state index is -1.12. The number of aliphatic hydroxyl groups is 1. The molecule has 5 heterocycles. The fourth-order valence-corrected chi connectivity index (χ4v) is 6.85.